The summed E-state index contributed by atoms with van der Waals surface area (Å²) in [5, 5.41) is 0. The summed E-state index contributed by atoms with van der Waals surface area (Å²) in [6.07, 6.45) is 22.4. The molecule has 3 atom stereocenters. The van der Waals surface area contributed by atoms with E-state index in [1.54, 1.807) is 11.1 Å². The van der Waals surface area contributed by atoms with E-state index in [-0.39, 0.29) is 0 Å². The van der Waals surface area contributed by atoms with Crippen molar-refractivity contribution in [3.8, 4) is 0 Å². The van der Waals surface area contributed by atoms with Crippen LogP contribution >= 0.6 is 0 Å². The lowest BCUT2D eigenvalue weighted by molar-refractivity contribution is 0.287. The quantitative estimate of drug-likeness (QED) is 0.518. The van der Waals surface area contributed by atoms with Gasteiger partial charge in [-0.05, 0) is 67.4 Å². The zero-order valence-electron chi connectivity index (χ0n) is 12.5. The van der Waals surface area contributed by atoms with Gasteiger partial charge in [0.25, 0.3) is 0 Å². The molecule has 0 heteroatoms. The van der Waals surface area contributed by atoms with E-state index in [0.29, 0.717) is 16.7 Å². The largest absolute Gasteiger partial charge is 0.0795 e. The van der Waals surface area contributed by atoms with Crippen molar-refractivity contribution in [1.82, 2.24) is 0 Å². The van der Waals surface area contributed by atoms with Crippen LogP contribution in [0.2, 0.25) is 0 Å². The van der Waals surface area contributed by atoms with Gasteiger partial charge in [0.1, 0.15) is 0 Å². The summed E-state index contributed by atoms with van der Waals surface area (Å²) >= 11 is 0. The van der Waals surface area contributed by atoms with Gasteiger partial charge >= 0.3 is 0 Å². The van der Waals surface area contributed by atoms with Gasteiger partial charge < -0.3 is 0 Å². The summed E-state index contributed by atoms with van der Waals surface area (Å²) in [4.78, 5) is 0. The fourth-order valence-electron chi connectivity index (χ4n) is 5.38. The molecule has 0 radical (unpaired) electrons. The minimum atomic E-state index is 0.483. The number of hydrogen-bond acceptors (Lipinski definition) is 0. The minimum Gasteiger partial charge on any atom is -0.0795 e. The topological polar surface area (TPSA) is 0 Å². The van der Waals surface area contributed by atoms with Crippen LogP contribution in [0.5, 0.6) is 0 Å². The van der Waals surface area contributed by atoms with Crippen molar-refractivity contribution in [3.05, 3.63) is 47.1 Å². The van der Waals surface area contributed by atoms with Crippen LogP contribution < -0.4 is 0 Å². The lowest BCUT2D eigenvalue weighted by Crippen LogP contribution is -2.31. The molecule has 0 heterocycles. The normalized spacial score (nSPS) is 43.1. The first-order chi connectivity index (χ1) is 9.69. The summed E-state index contributed by atoms with van der Waals surface area (Å²) in [6, 6.07) is 0. The minimum absolute atomic E-state index is 0.483. The van der Waals surface area contributed by atoms with Gasteiger partial charge in [-0.15, -0.1) is 0 Å². The maximum atomic E-state index is 2.60. The van der Waals surface area contributed by atoms with Crippen molar-refractivity contribution in [1.29, 1.82) is 0 Å². The molecule has 0 bridgehead atoms. The Balaban J connectivity index is 1.62. The van der Waals surface area contributed by atoms with Gasteiger partial charge in [-0.3, -0.25) is 0 Å². The molecule has 0 unspecified atom stereocenters. The van der Waals surface area contributed by atoms with E-state index in [0.717, 1.165) is 5.92 Å². The average Bonchev–Trinajstić information content (AvgIpc) is 3.07. The highest BCUT2D eigenvalue weighted by Gasteiger charge is 2.46. The van der Waals surface area contributed by atoms with Crippen LogP contribution in [0.15, 0.2) is 47.1 Å². The fourth-order valence-corrected chi connectivity index (χ4v) is 5.38. The molecule has 0 saturated heterocycles. The predicted molar refractivity (Wildman–Crippen MR) is 83.2 cm³/mol. The van der Waals surface area contributed by atoms with E-state index >= 15 is 0 Å². The summed E-state index contributed by atoms with van der Waals surface area (Å²) < 4.78 is 0. The molecule has 0 aromatic carbocycles. The second-order valence-electron chi connectivity index (χ2n) is 8.09. The third kappa shape index (κ3) is 1.43. The smallest absolute Gasteiger partial charge is 0.00841 e. The maximum Gasteiger partial charge on any atom is 0.00841 e. The second kappa shape index (κ2) is 3.59. The van der Waals surface area contributed by atoms with Gasteiger partial charge in [0.15, 0.2) is 0 Å². The first-order valence-electron chi connectivity index (χ1n) is 8.53. The molecule has 0 amide bonds. The van der Waals surface area contributed by atoms with Crippen LogP contribution in [0.25, 0.3) is 0 Å². The molecule has 5 aliphatic carbocycles. The molecule has 20 heavy (non-hydrogen) atoms. The van der Waals surface area contributed by atoms with Gasteiger partial charge in [0, 0.05) is 11.3 Å². The number of allylic oxidation sites excluding steroid dienone is 8. The number of fused-ring (bicyclic) bond motifs is 4. The Morgan fingerprint density at radius 3 is 2.85 bits per heavy atom. The van der Waals surface area contributed by atoms with Crippen molar-refractivity contribution in [2.75, 3.05) is 0 Å². The van der Waals surface area contributed by atoms with Gasteiger partial charge in [-0.1, -0.05) is 42.9 Å². The summed E-state index contributed by atoms with van der Waals surface area (Å²) in [7, 11) is 0. The summed E-state index contributed by atoms with van der Waals surface area (Å²) in [5.74, 6) is 1.48. The zero-order valence-corrected chi connectivity index (χ0v) is 12.5. The van der Waals surface area contributed by atoms with Gasteiger partial charge in [0.05, 0.1) is 0 Å². The van der Waals surface area contributed by atoms with E-state index in [1.165, 1.54) is 44.9 Å². The third-order valence-corrected chi connectivity index (χ3v) is 6.83. The van der Waals surface area contributed by atoms with Crippen LogP contribution in [-0.2, 0) is 0 Å². The molecule has 5 aliphatic rings. The zero-order chi connectivity index (χ0) is 13.4. The predicted octanol–water partition coefficient (Wildman–Crippen LogP) is 5.35. The van der Waals surface area contributed by atoms with Gasteiger partial charge in [-0.2, -0.15) is 0 Å². The van der Waals surface area contributed by atoms with Crippen molar-refractivity contribution in [3.63, 3.8) is 0 Å². The van der Waals surface area contributed by atoms with Gasteiger partial charge in [0.2, 0.25) is 0 Å². The Morgan fingerprint density at radius 1 is 1.10 bits per heavy atom. The highest BCUT2D eigenvalue weighted by atomic mass is 14.5. The Morgan fingerprint density at radius 2 is 2.00 bits per heavy atom. The summed E-state index contributed by atoms with van der Waals surface area (Å²) in [5.41, 5.74) is 6.21. The molecular formula is C20H24. The maximum absolute atomic E-state index is 2.60. The monoisotopic (exact) mass is 264 g/mol. The van der Waals surface area contributed by atoms with Gasteiger partial charge in [-0.25, -0.2) is 0 Å². The second-order valence-corrected chi connectivity index (χ2v) is 8.09. The molecular weight excluding hydrogens is 240 g/mol. The van der Waals surface area contributed by atoms with Crippen LogP contribution in [-0.4, -0.2) is 0 Å². The molecule has 0 aromatic rings. The third-order valence-electron chi connectivity index (χ3n) is 6.83. The molecule has 0 nitrogen and oxygen atoms in total. The molecule has 2 fully saturated rings. The van der Waals surface area contributed by atoms with Crippen molar-refractivity contribution < 1.29 is 0 Å². The highest BCUT2D eigenvalue weighted by molar-refractivity contribution is 5.49. The standard InChI is InChI=1S/C20H24/c1-19-8-2-3-18(19)17-5-4-14-13-20(11-12-20)10-7-15(14)16(17)6-9-19/h4-5,7,10,13,15-16H,2-3,6,8-9,11-12H2,1H3/t15-,16+,19-/m0/s1. The van der Waals surface area contributed by atoms with E-state index in [2.05, 4.69) is 37.3 Å². The van der Waals surface area contributed by atoms with Crippen molar-refractivity contribution >= 4 is 0 Å². The Labute approximate surface area is 122 Å². The van der Waals surface area contributed by atoms with E-state index in [1.807, 2.05) is 5.57 Å². The van der Waals surface area contributed by atoms with Crippen molar-refractivity contribution in [2.45, 2.75) is 51.9 Å². The Bertz CT molecular complexity index is 594. The average molecular weight is 264 g/mol. The van der Waals surface area contributed by atoms with Crippen LogP contribution in [0, 0.1) is 22.7 Å². The molecule has 5 rings (SSSR count). The van der Waals surface area contributed by atoms with Crippen LogP contribution in [0.3, 0.4) is 0 Å². The first-order valence-corrected chi connectivity index (χ1v) is 8.53. The van der Waals surface area contributed by atoms with Crippen LogP contribution in [0.4, 0.5) is 0 Å². The molecule has 0 aromatic heterocycles. The molecule has 0 aliphatic heterocycles. The lowest BCUT2D eigenvalue weighted by atomic mass is 9.62. The summed E-state index contributed by atoms with van der Waals surface area (Å²) in [6.45, 7) is 2.52. The fraction of sp³-hybridized carbons (Fsp3) is 0.600. The number of rotatable bonds is 0. The van der Waals surface area contributed by atoms with Crippen molar-refractivity contribution in [2.24, 2.45) is 22.7 Å². The van der Waals surface area contributed by atoms with Crippen LogP contribution in [0.1, 0.15) is 51.9 Å². The van der Waals surface area contributed by atoms with E-state index in [4.69, 9.17) is 0 Å². The SMILES string of the molecule is C[C@@]12CCCC1=C1C=CC3=CC4(C=C[C@@H]3[C@H]1CC2)CC4. The molecule has 2 saturated carbocycles. The molecule has 104 valence electrons. The molecule has 0 N–H and O–H groups in total. The number of hydrogen-bond donors (Lipinski definition) is 0. The Kier molecular flexibility index (Phi) is 2.08. The van der Waals surface area contributed by atoms with E-state index < -0.39 is 0 Å². The first kappa shape index (κ1) is 11.6. The molecule has 1 spiro atoms. The lowest BCUT2D eigenvalue weighted by Gasteiger charge is -2.43. The highest BCUT2D eigenvalue weighted by Crippen LogP contribution is 2.59. The van der Waals surface area contributed by atoms with E-state index in [9.17, 15) is 0 Å². The Hall–Kier alpha value is -1.04.